The van der Waals surface area contributed by atoms with Crippen molar-refractivity contribution in [2.75, 3.05) is 18.1 Å². The van der Waals surface area contributed by atoms with Crippen LogP contribution in [0.2, 0.25) is 0 Å². The fourth-order valence-electron chi connectivity index (χ4n) is 3.10. The summed E-state index contributed by atoms with van der Waals surface area (Å²) in [6, 6.07) is 19.1. The third kappa shape index (κ3) is 2.99. The van der Waals surface area contributed by atoms with Gasteiger partial charge in [0.2, 0.25) is 0 Å². The zero-order valence-corrected chi connectivity index (χ0v) is 15.1. The average Bonchev–Trinajstić information content (AvgIpc) is 3.24. The molecule has 2 heterocycles. The van der Waals surface area contributed by atoms with Gasteiger partial charge in [0, 0.05) is 40.3 Å². The first kappa shape index (κ1) is 15.5. The number of halogens is 1. The van der Waals surface area contributed by atoms with E-state index in [4.69, 9.17) is 4.74 Å². The molecule has 1 atom stereocenters. The lowest BCUT2D eigenvalue weighted by molar-refractivity contribution is 0.114. The van der Waals surface area contributed by atoms with Gasteiger partial charge in [-0.2, -0.15) is 0 Å². The molecule has 0 unspecified atom stereocenters. The molecule has 122 valence electrons. The van der Waals surface area contributed by atoms with Gasteiger partial charge in [0.05, 0.1) is 6.61 Å². The Kier molecular flexibility index (Phi) is 4.17. The van der Waals surface area contributed by atoms with Gasteiger partial charge in [-0.25, -0.2) is 0 Å². The van der Waals surface area contributed by atoms with Crippen molar-refractivity contribution in [2.24, 2.45) is 0 Å². The quantitative estimate of drug-likeness (QED) is 0.627. The minimum Gasteiger partial charge on any atom is -0.352 e. The standard InChI is InChI=1S/C20H19BrN2O/c1-15-5-7-18(8-6-15)23-11-12-24-20(23)16-9-10-22(14-16)19-4-2-3-17(21)13-19/h2-10,13-14,20H,11-12H2,1H3/t20-/m0/s1. The number of hydrogen-bond acceptors (Lipinski definition) is 2. The van der Waals surface area contributed by atoms with Crippen molar-refractivity contribution >= 4 is 21.6 Å². The summed E-state index contributed by atoms with van der Waals surface area (Å²) in [7, 11) is 0. The Morgan fingerprint density at radius 1 is 1.04 bits per heavy atom. The van der Waals surface area contributed by atoms with Crippen molar-refractivity contribution in [3.8, 4) is 5.69 Å². The summed E-state index contributed by atoms with van der Waals surface area (Å²) in [5.74, 6) is 0. The van der Waals surface area contributed by atoms with Crippen molar-refractivity contribution in [3.63, 3.8) is 0 Å². The van der Waals surface area contributed by atoms with E-state index in [1.54, 1.807) is 0 Å². The van der Waals surface area contributed by atoms with Crippen molar-refractivity contribution in [3.05, 3.63) is 82.6 Å². The summed E-state index contributed by atoms with van der Waals surface area (Å²) in [4.78, 5) is 2.32. The monoisotopic (exact) mass is 382 g/mol. The lowest BCUT2D eigenvalue weighted by Gasteiger charge is -2.24. The van der Waals surface area contributed by atoms with E-state index in [1.807, 2.05) is 12.1 Å². The summed E-state index contributed by atoms with van der Waals surface area (Å²) in [6.45, 7) is 3.77. The van der Waals surface area contributed by atoms with Crippen molar-refractivity contribution < 1.29 is 4.74 Å². The van der Waals surface area contributed by atoms with E-state index in [0.717, 1.165) is 23.3 Å². The molecule has 0 amide bonds. The second kappa shape index (κ2) is 6.46. The molecule has 24 heavy (non-hydrogen) atoms. The fourth-order valence-corrected chi connectivity index (χ4v) is 3.49. The number of nitrogens with zero attached hydrogens (tertiary/aromatic N) is 2. The van der Waals surface area contributed by atoms with Crippen LogP contribution in [0.4, 0.5) is 5.69 Å². The zero-order chi connectivity index (χ0) is 16.5. The van der Waals surface area contributed by atoms with Crippen molar-refractivity contribution in [1.82, 2.24) is 4.57 Å². The van der Waals surface area contributed by atoms with Gasteiger partial charge in [0.15, 0.2) is 6.23 Å². The first-order valence-electron chi connectivity index (χ1n) is 8.09. The minimum atomic E-state index is -0.0268. The molecule has 1 aromatic heterocycles. The highest BCUT2D eigenvalue weighted by atomic mass is 79.9. The maximum absolute atomic E-state index is 6.01. The molecule has 0 N–H and O–H groups in total. The molecule has 1 saturated heterocycles. The SMILES string of the molecule is Cc1ccc(N2CCO[C@H]2c2ccn(-c3cccc(Br)c3)c2)cc1. The van der Waals surface area contributed by atoms with Crippen LogP contribution in [0.5, 0.6) is 0 Å². The van der Waals surface area contributed by atoms with Crippen LogP contribution in [0.25, 0.3) is 5.69 Å². The fraction of sp³-hybridized carbons (Fsp3) is 0.200. The number of aromatic nitrogens is 1. The molecule has 0 aliphatic carbocycles. The van der Waals surface area contributed by atoms with E-state index in [9.17, 15) is 0 Å². The van der Waals surface area contributed by atoms with Crippen LogP contribution < -0.4 is 4.90 Å². The van der Waals surface area contributed by atoms with Crippen LogP contribution in [0, 0.1) is 6.92 Å². The largest absolute Gasteiger partial charge is 0.352 e. The van der Waals surface area contributed by atoms with Crippen LogP contribution in [-0.2, 0) is 4.74 Å². The highest BCUT2D eigenvalue weighted by Crippen LogP contribution is 2.33. The Morgan fingerprint density at radius 3 is 2.67 bits per heavy atom. The van der Waals surface area contributed by atoms with Crippen LogP contribution in [0.1, 0.15) is 17.4 Å². The number of aryl methyl sites for hydroxylation is 1. The van der Waals surface area contributed by atoms with Crippen LogP contribution in [-0.4, -0.2) is 17.7 Å². The van der Waals surface area contributed by atoms with Gasteiger partial charge in [-0.15, -0.1) is 0 Å². The zero-order valence-electron chi connectivity index (χ0n) is 13.5. The molecule has 3 nitrogen and oxygen atoms in total. The Hall–Kier alpha value is -2.04. The second-order valence-corrected chi connectivity index (χ2v) is 7.00. The molecule has 3 aromatic rings. The van der Waals surface area contributed by atoms with Crippen molar-refractivity contribution in [1.29, 1.82) is 0 Å². The highest BCUT2D eigenvalue weighted by molar-refractivity contribution is 9.10. The third-order valence-electron chi connectivity index (χ3n) is 4.36. The maximum Gasteiger partial charge on any atom is 0.158 e. The molecule has 0 bridgehead atoms. The molecule has 0 saturated carbocycles. The highest BCUT2D eigenvalue weighted by Gasteiger charge is 2.27. The van der Waals surface area contributed by atoms with Gasteiger partial charge < -0.3 is 14.2 Å². The minimum absolute atomic E-state index is 0.0268. The number of anilines is 1. The van der Waals surface area contributed by atoms with E-state index in [0.29, 0.717) is 0 Å². The van der Waals surface area contributed by atoms with Crippen LogP contribution >= 0.6 is 15.9 Å². The lowest BCUT2D eigenvalue weighted by atomic mass is 10.2. The number of benzene rings is 2. The first-order valence-corrected chi connectivity index (χ1v) is 8.89. The average molecular weight is 383 g/mol. The molecule has 4 rings (SSSR count). The molecule has 0 radical (unpaired) electrons. The predicted molar refractivity (Wildman–Crippen MR) is 101 cm³/mol. The van der Waals surface area contributed by atoms with E-state index in [1.165, 1.54) is 16.8 Å². The Morgan fingerprint density at radius 2 is 1.88 bits per heavy atom. The topological polar surface area (TPSA) is 17.4 Å². The summed E-state index contributed by atoms with van der Waals surface area (Å²) in [5, 5.41) is 0. The van der Waals surface area contributed by atoms with Gasteiger partial charge in [0.25, 0.3) is 0 Å². The predicted octanol–water partition coefficient (Wildman–Crippen LogP) is 5.08. The number of ether oxygens (including phenoxy) is 1. The van der Waals surface area contributed by atoms with Gasteiger partial charge in [-0.05, 0) is 43.3 Å². The number of rotatable bonds is 3. The Balaban J connectivity index is 1.62. The summed E-state index contributed by atoms with van der Waals surface area (Å²) in [6.07, 6.45) is 4.21. The summed E-state index contributed by atoms with van der Waals surface area (Å²) >= 11 is 3.53. The molecule has 4 heteroatoms. The Labute approximate surface area is 150 Å². The number of hydrogen-bond donors (Lipinski definition) is 0. The molecule has 2 aromatic carbocycles. The van der Waals surface area contributed by atoms with Gasteiger partial charge in [-0.1, -0.05) is 39.7 Å². The molecular formula is C20H19BrN2O. The molecule has 1 fully saturated rings. The maximum atomic E-state index is 6.01. The van der Waals surface area contributed by atoms with Crippen molar-refractivity contribution in [2.45, 2.75) is 13.2 Å². The van der Waals surface area contributed by atoms with Crippen LogP contribution in [0.3, 0.4) is 0 Å². The molecule has 1 aliphatic heterocycles. The van der Waals surface area contributed by atoms with E-state index < -0.39 is 0 Å². The van der Waals surface area contributed by atoms with E-state index >= 15 is 0 Å². The van der Waals surface area contributed by atoms with Gasteiger partial charge in [-0.3, -0.25) is 0 Å². The second-order valence-electron chi connectivity index (χ2n) is 6.08. The lowest BCUT2D eigenvalue weighted by Crippen LogP contribution is -2.22. The summed E-state index contributed by atoms with van der Waals surface area (Å²) < 4.78 is 9.22. The summed E-state index contributed by atoms with van der Waals surface area (Å²) in [5.41, 5.74) is 4.79. The van der Waals surface area contributed by atoms with Gasteiger partial charge >= 0.3 is 0 Å². The van der Waals surface area contributed by atoms with Gasteiger partial charge in [0.1, 0.15) is 0 Å². The normalized spacial score (nSPS) is 17.4. The molecular weight excluding hydrogens is 364 g/mol. The molecule has 1 aliphatic rings. The van der Waals surface area contributed by atoms with Crippen LogP contribution in [0.15, 0.2) is 71.5 Å². The smallest absolute Gasteiger partial charge is 0.158 e. The van der Waals surface area contributed by atoms with E-state index in [2.05, 4.69) is 87.2 Å². The third-order valence-corrected chi connectivity index (χ3v) is 4.86. The van der Waals surface area contributed by atoms with E-state index in [-0.39, 0.29) is 6.23 Å². The molecule has 0 spiro atoms. The Bertz CT molecular complexity index is 841. The first-order chi connectivity index (χ1) is 11.7.